The normalized spacial score (nSPS) is 32.5. The first-order valence-electron chi connectivity index (χ1n) is 14.1. The number of aliphatic hydroxyl groups excluding tert-OH is 1. The smallest absolute Gasteiger partial charge is 0.163 e. The van der Waals surface area contributed by atoms with Crippen molar-refractivity contribution in [1.29, 1.82) is 0 Å². The third kappa shape index (κ3) is 6.02. The van der Waals surface area contributed by atoms with Gasteiger partial charge in [0.05, 0.1) is 32.5 Å². The highest BCUT2D eigenvalue weighted by atomic mass is 16.7. The first kappa shape index (κ1) is 27.5. The molecule has 0 aromatic heterocycles. The van der Waals surface area contributed by atoms with Gasteiger partial charge in [-0.2, -0.15) is 0 Å². The fourth-order valence-electron chi connectivity index (χ4n) is 6.00. The average molecular weight is 547 g/mol. The summed E-state index contributed by atoms with van der Waals surface area (Å²) >= 11 is 0. The van der Waals surface area contributed by atoms with E-state index in [1.54, 1.807) is 0 Å². The molecule has 7 atom stereocenters. The molecule has 6 rings (SSSR count). The molecule has 212 valence electrons. The molecular formula is C33H38O7. The summed E-state index contributed by atoms with van der Waals surface area (Å²) in [5, 5.41) is 11.4. The molecular weight excluding hydrogens is 508 g/mol. The van der Waals surface area contributed by atoms with Crippen LogP contribution in [0.5, 0.6) is 0 Å². The van der Waals surface area contributed by atoms with Crippen LogP contribution < -0.4 is 0 Å². The van der Waals surface area contributed by atoms with Gasteiger partial charge < -0.3 is 33.5 Å². The van der Waals surface area contributed by atoms with Gasteiger partial charge in [-0.1, -0.05) is 91.0 Å². The van der Waals surface area contributed by atoms with E-state index in [0.29, 0.717) is 32.8 Å². The van der Waals surface area contributed by atoms with Crippen molar-refractivity contribution in [1.82, 2.24) is 0 Å². The number of hydrogen-bond donors (Lipinski definition) is 1. The lowest BCUT2D eigenvalue weighted by atomic mass is 9.75. The van der Waals surface area contributed by atoms with E-state index in [9.17, 15) is 5.11 Å². The van der Waals surface area contributed by atoms with E-state index in [4.69, 9.17) is 28.4 Å². The van der Waals surface area contributed by atoms with Gasteiger partial charge in [0.15, 0.2) is 5.79 Å². The first-order valence-corrected chi connectivity index (χ1v) is 14.1. The Morgan fingerprint density at radius 2 is 1.32 bits per heavy atom. The highest BCUT2D eigenvalue weighted by Gasteiger charge is 2.71. The number of aliphatic hydroxyl groups is 1. The van der Waals surface area contributed by atoms with Crippen LogP contribution in [-0.2, 0) is 48.2 Å². The second-order valence-electron chi connectivity index (χ2n) is 11.4. The van der Waals surface area contributed by atoms with Crippen molar-refractivity contribution < 1.29 is 33.5 Å². The minimum atomic E-state index is -0.940. The van der Waals surface area contributed by atoms with Gasteiger partial charge in [0, 0.05) is 6.42 Å². The predicted molar refractivity (Wildman–Crippen MR) is 148 cm³/mol. The monoisotopic (exact) mass is 546 g/mol. The Bertz CT molecular complexity index is 1220. The number of rotatable bonds is 11. The number of ether oxygens (including phenoxy) is 6. The van der Waals surface area contributed by atoms with Crippen molar-refractivity contribution in [3.8, 4) is 0 Å². The summed E-state index contributed by atoms with van der Waals surface area (Å²) in [6, 6.07) is 30.0. The fraction of sp³-hybridized carbons (Fsp3) is 0.455. The van der Waals surface area contributed by atoms with Crippen LogP contribution >= 0.6 is 0 Å². The Balaban J connectivity index is 1.34. The average Bonchev–Trinajstić information content (AvgIpc) is 3.72. The number of hydrogen-bond acceptors (Lipinski definition) is 7. The molecule has 1 aliphatic carbocycles. The van der Waals surface area contributed by atoms with E-state index in [0.717, 1.165) is 16.7 Å². The summed E-state index contributed by atoms with van der Waals surface area (Å²) < 4.78 is 38.5. The van der Waals surface area contributed by atoms with Gasteiger partial charge in [0.25, 0.3) is 0 Å². The van der Waals surface area contributed by atoms with Crippen molar-refractivity contribution in [2.45, 2.75) is 88.1 Å². The van der Waals surface area contributed by atoms with Crippen LogP contribution in [0.15, 0.2) is 91.0 Å². The summed E-state index contributed by atoms with van der Waals surface area (Å²) in [5.41, 5.74) is 2.14. The van der Waals surface area contributed by atoms with Crippen LogP contribution in [0.1, 0.15) is 37.0 Å². The van der Waals surface area contributed by atoms with Gasteiger partial charge in [0.2, 0.25) is 0 Å². The fourth-order valence-corrected chi connectivity index (χ4v) is 6.00. The van der Waals surface area contributed by atoms with Crippen molar-refractivity contribution in [3.63, 3.8) is 0 Å². The second-order valence-corrected chi connectivity index (χ2v) is 11.4. The van der Waals surface area contributed by atoms with Crippen molar-refractivity contribution >= 4 is 0 Å². The SMILES string of the molecule is CC1(C)OC[C@H](C[C@@]2(OCc3ccccc3)C3OC3C(O)[C@@H](OCc3ccccc3)[C@@H]2OCc2ccccc2)O1. The predicted octanol–water partition coefficient (Wildman–Crippen LogP) is 4.80. The summed E-state index contributed by atoms with van der Waals surface area (Å²) in [6.07, 6.45) is -2.71. The zero-order valence-corrected chi connectivity index (χ0v) is 23.1. The molecule has 1 N–H and O–H groups in total. The maximum atomic E-state index is 11.4. The molecule has 3 aliphatic rings. The van der Waals surface area contributed by atoms with Crippen LogP contribution in [0, 0.1) is 0 Å². The Morgan fingerprint density at radius 1 is 0.775 bits per heavy atom. The highest BCUT2D eigenvalue weighted by Crippen LogP contribution is 2.51. The maximum absolute atomic E-state index is 11.4. The van der Waals surface area contributed by atoms with E-state index >= 15 is 0 Å². The zero-order valence-electron chi connectivity index (χ0n) is 23.1. The Hall–Kier alpha value is -2.62. The van der Waals surface area contributed by atoms with E-state index in [2.05, 4.69) is 0 Å². The van der Waals surface area contributed by atoms with Gasteiger partial charge in [-0.25, -0.2) is 0 Å². The van der Waals surface area contributed by atoms with Crippen LogP contribution in [0.3, 0.4) is 0 Å². The third-order valence-corrected chi connectivity index (χ3v) is 7.98. The molecule has 3 aromatic carbocycles. The van der Waals surface area contributed by atoms with Crippen molar-refractivity contribution in [2.75, 3.05) is 6.61 Å². The maximum Gasteiger partial charge on any atom is 0.163 e. The van der Waals surface area contributed by atoms with Gasteiger partial charge in [0.1, 0.15) is 36.1 Å². The lowest BCUT2D eigenvalue weighted by molar-refractivity contribution is -0.246. The molecule has 40 heavy (non-hydrogen) atoms. The number of fused-ring (bicyclic) bond motifs is 1. The molecule has 0 spiro atoms. The minimum absolute atomic E-state index is 0.233. The van der Waals surface area contributed by atoms with E-state index in [1.807, 2.05) is 105 Å². The molecule has 1 saturated carbocycles. The number of benzene rings is 3. The highest BCUT2D eigenvalue weighted by molar-refractivity contribution is 5.22. The number of epoxide rings is 1. The summed E-state index contributed by atoms with van der Waals surface area (Å²) in [4.78, 5) is 0. The Labute approximate surface area is 235 Å². The van der Waals surface area contributed by atoms with Gasteiger partial charge in [-0.3, -0.25) is 0 Å². The summed E-state index contributed by atoms with van der Waals surface area (Å²) in [7, 11) is 0. The lowest BCUT2D eigenvalue weighted by Crippen LogP contribution is -2.65. The Kier molecular flexibility index (Phi) is 8.06. The molecule has 2 aliphatic heterocycles. The van der Waals surface area contributed by atoms with Crippen LogP contribution in [-0.4, -0.2) is 59.7 Å². The van der Waals surface area contributed by atoms with E-state index < -0.39 is 35.8 Å². The quantitative estimate of drug-likeness (QED) is 0.346. The van der Waals surface area contributed by atoms with Gasteiger partial charge in [-0.05, 0) is 30.5 Å². The molecule has 3 unspecified atom stereocenters. The van der Waals surface area contributed by atoms with Gasteiger partial charge in [-0.15, -0.1) is 0 Å². The summed E-state index contributed by atoms with van der Waals surface area (Å²) in [6.45, 7) is 5.30. The molecule has 2 saturated heterocycles. The topological polar surface area (TPSA) is 78.9 Å². The van der Waals surface area contributed by atoms with Gasteiger partial charge >= 0.3 is 0 Å². The summed E-state index contributed by atoms with van der Waals surface area (Å²) in [5.74, 6) is -0.688. The molecule has 3 fully saturated rings. The largest absolute Gasteiger partial charge is 0.387 e. The van der Waals surface area contributed by atoms with Crippen LogP contribution in [0.25, 0.3) is 0 Å². The molecule has 0 radical (unpaired) electrons. The van der Waals surface area contributed by atoms with Crippen LogP contribution in [0.4, 0.5) is 0 Å². The van der Waals surface area contributed by atoms with Crippen molar-refractivity contribution in [3.05, 3.63) is 108 Å². The van der Waals surface area contributed by atoms with Crippen molar-refractivity contribution in [2.24, 2.45) is 0 Å². The molecule has 2 heterocycles. The third-order valence-electron chi connectivity index (χ3n) is 7.98. The molecule has 7 heteroatoms. The second kappa shape index (κ2) is 11.7. The lowest BCUT2D eigenvalue weighted by Gasteiger charge is -2.47. The molecule has 7 nitrogen and oxygen atoms in total. The van der Waals surface area contributed by atoms with E-state index in [1.165, 1.54) is 0 Å². The first-order chi connectivity index (χ1) is 19.4. The van der Waals surface area contributed by atoms with Crippen LogP contribution in [0.2, 0.25) is 0 Å². The molecule has 0 amide bonds. The minimum Gasteiger partial charge on any atom is -0.387 e. The zero-order chi connectivity index (χ0) is 27.6. The Morgan fingerprint density at radius 3 is 1.88 bits per heavy atom. The standard InChI is InChI=1S/C33H38O7/c1-32(2)37-22-26(40-32)18-33(38-21-25-16-10-5-11-17-25)30(36-20-24-14-8-4-9-15-24)28(27(34)29-31(33)39-29)35-19-23-12-6-3-7-13-23/h3-17,26-31,34H,18-22H2,1-2H3/t26-,27?,28+,29?,30-,31?,33-/m0/s1. The van der Waals surface area contributed by atoms with E-state index in [-0.39, 0.29) is 12.2 Å². The molecule has 0 bridgehead atoms. The molecule has 3 aromatic rings.